The van der Waals surface area contributed by atoms with E-state index in [-0.39, 0.29) is 42.2 Å². The lowest BCUT2D eigenvalue weighted by Crippen LogP contribution is -2.59. The van der Waals surface area contributed by atoms with Crippen LogP contribution in [-0.4, -0.2) is 82.2 Å². The molecule has 2 amide bonds. The number of rotatable bonds is 14. The summed E-state index contributed by atoms with van der Waals surface area (Å²) in [6.45, 7) is 9.66. The van der Waals surface area contributed by atoms with Crippen LogP contribution in [0.1, 0.15) is 76.2 Å². The van der Waals surface area contributed by atoms with Gasteiger partial charge >= 0.3 is 11.9 Å². The van der Waals surface area contributed by atoms with E-state index in [4.69, 9.17) is 9.47 Å². The molecule has 3 aromatic rings. The first kappa shape index (κ1) is 36.3. The number of hydrogen-bond donors (Lipinski definition) is 3. The Kier molecular flexibility index (Phi) is 12.5. The van der Waals surface area contributed by atoms with E-state index in [0.29, 0.717) is 36.7 Å². The Morgan fingerprint density at radius 3 is 2.42 bits per heavy atom. The van der Waals surface area contributed by atoms with Crippen LogP contribution in [0.15, 0.2) is 60.8 Å². The third-order valence-corrected chi connectivity index (χ3v) is 8.07. The van der Waals surface area contributed by atoms with E-state index in [1.54, 1.807) is 49.9 Å². The van der Waals surface area contributed by atoms with Crippen LogP contribution in [0.4, 0.5) is 0 Å². The summed E-state index contributed by atoms with van der Waals surface area (Å²) in [5, 5.41) is 16.7. The summed E-state index contributed by atoms with van der Waals surface area (Å²) in [6, 6.07) is 14.7. The zero-order valence-electron chi connectivity index (χ0n) is 28.5. The molecule has 2 aromatic carbocycles. The SMILES string of the molecule is CC(C)C[C@H](NCC(=O)OC(C)(C)C)C(=O)N1CCCC[C@@H]1C(=O)N[C@@H](COc1cnc2ccccc2c1C(=O)O)Cc1ccccc1. The second-order valence-electron chi connectivity index (χ2n) is 13.7. The fourth-order valence-corrected chi connectivity index (χ4v) is 5.99. The average Bonchev–Trinajstić information content (AvgIpc) is 3.04. The Morgan fingerprint density at radius 1 is 1.02 bits per heavy atom. The standard InChI is InChI=1S/C37H48N4O7/c1-24(2)19-29(39-22-32(42)48-37(3,4)5)35(44)41-18-12-11-17-30(41)34(43)40-26(20-25-13-7-6-8-14-25)23-47-31-21-38-28-16-10-9-15-27(28)33(31)36(45)46/h6-10,13-16,21,24,26,29-30,39H,11-12,17-20,22-23H2,1-5H3,(H,40,43)(H,45,46)/t26-,29+,30-/m1/s1. The van der Waals surface area contributed by atoms with Gasteiger partial charge in [0.1, 0.15) is 23.8 Å². The summed E-state index contributed by atoms with van der Waals surface area (Å²) in [5.41, 5.74) is 0.854. The zero-order valence-corrected chi connectivity index (χ0v) is 28.5. The van der Waals surface area contributed by atoms with Gasteiger partial charge in [0.25, 0.3) is 0 Å². The highest BCUT2D eigenvalue weighted by molar-refractivity contribution is 6.04. The summed E-state index contributed by atoms with van der Waals surface area (Å²) in [7, 11) is 0. The van der Waals surface area contributed by atoms with Gasteiger partial charge in [0.15, 0.2) is 5.75 Å². The first-order chi connectivity index (χ1) is 22.8. The monoisotopic (exact) mass is 660 g/mol. The minimum absolute atomic E-state index is 0.00418. The number of carbonyl (C=O) groups is 4. The number of aromatic nitrogens is 1. The minimum Gasteiger partial charge on any atom is -0.489 e. The van der Waals surface area contributed by atoms with Crippen LogP contribution in [0.2, 0.25) is 0 Å². The lowest BCUT2D eigenvalue weighted by atomic mass is 9.96. The molecule has 48 heavy (non-hydrogen) atoms. The number of amides is 2. The van der Waals surface area contributed by atoms with E-state index in [1.807, 2.05) is 44.2 Å². The largest absolute Gasteiger partial charge is 0.489 e. The summed E-state index contributed by atoms with van der Waals surface area (Å²) in [4.78, 5) is 58.7. The Morgan fingerprint density at radius 2 is 1.73 bits per heavy atom. The molecule has 0 aliphatic carbocycles. The summed E-state index contributed by atoms with van der Waals surface area (Å²) in [5.74, 6) is -1.85. The van der Waals surface area contributed by atoms with Crippen LogP contribution in [0.3, 0.4) is 0 Å². The van der Waals surface area contributed by atoms with Crippen molar-refractivity contribution in [1.82, 2.24) is 20.5 Å². The molecule has 1 aliphatic rings. The number of nitrogens with zero attached hydrogens (tertiary/aromatic N) is 2. The number of likely N-dealkylation sites (tertiary alicyclic amines) is 1. The van der Waals surface area contributed by atoms with Gasteiger partial charge in [-0.25, -0.2) is 4.79 Å². The fourth-order valence-electron chi connectivity index (χ4n) is 5.99. The number of nitrogens with one attached hydrogen (secondary N) is 2. The van der Waals surface area contributed by atoms with E-state index in [2.05, 4.69) is 15.6 Å². The minimum atomic E-state index is -1.14. The third-order valence-electron chi connectivity index (χ3n) is 8.07. The van der Waals surface area contributed by atoms with Crippen LogP contribution in [-0.2, 0) is 25.5 Å². The molecule has 0 radical (unpaired) electrons. The topological polar surface area (TPSA) is 147 Å². The number of aromatic carboxylic acids is 1. The molecular weight excluding hydrogens is 612 g/mol. The molecule has 3 N–H and O–H groups in total. The quantitative estimate of drug-likeness (QED) is 0.208. The molecule has 11 heteroatoms. The van der Waals surface area contributed by atoms with Crippen LogP contribution >= 0.6 is 0 Å². The van der Waals surface area contributed by atoms with Crippen LogP contribution < -0.4 is 15.4 Å². The van der Waals surface area contributed by atoms with Gasteiger partial charge in [-0.15, -0.1) is 0 Å². The fraction of sp³-hybridized carbons (Fsp3) is 0.486. The maximum absolute atomic E-state index is 14.0. The van der Waals surface area contributed by atoms with Crippen molar-refractivity contribution in [3.05, 3.63) is 71.9 Å². The molecular formula is C37H48N4O7. The van der Waals surface area contributed by atoms with Gasteiger partial charge in [-0.2, -0.15) is 0 Å². The van der Waals surface area contributed by atoms with Crippen molar-refractivity contribution in [3.8, 4) is 5.75 Å². The second kappa shape index (κ2) is 16.5. The molecule has 4 rings (SSSR count). The Hall–Kier alpha value is -4.51. The molecule has 0 saturated carbocycles. The van der Waals surface area contributed by atoms with E-state index < -0.39 is 35.7 Å². The zero-order chi connectivity index (χ0) is 34.8. The van der Waals surface area contributed by atoms with E-state index in [1.165, 1.54) is 6.20 Å². The maximum atomic E-state index is 14.0. The van der Waals surface area contributed by atoms with Crippen molar-refractivity contribution in [1.29, 1.82) is 0 Å². The Labute approximate surface area is 282 Å². The van der Waals surface area contributed by atoms with Gasteiger partial charge in [-0.05, 0) is 70.4 Å². The van der Waals surface area contributed by atoms with Crippen LogP contribution in [0.25, 0.3) is 10.9 Å². The average molecular weight is 661 g/mol. The number of benzene rings is 2. The molecule has 1 fully saturated rings. The molecule has 0 bridgehead atoms. The van der Waals surface area contributed by atoms with Gasteiger partial charge in [0, 0.05) is 11.9 Å². The van der Waals surface area contributed by atoms with Gasteiger partial charge in [-0.3, -0.25) is 24.7 Å². The van der Waals surface area contributed by atoms with Gasteiger partial charge < -0.3 is 24.8 Å². The first-order valence-electron chi connectivity index (χ1n) is 16.7. The smallest absolute Gasteiger partial charge is 0.340 e. The Balaban J connectivity index is 1.52. The third kappa shape index (κ3) is 10.2. The van der Waals surface area contributed by atoms with Crippen molar-refractivity contribution >= 4 is 34.7 Å². The number of carbonyl (C=O) groups excluding carboxylic acids is 3. The molecule has 1 aliphatic heterocycles. The van der Waals surface area contributed by atoms with Crippen LogP contribution in [0, 0.1) is 5.92 Å². The number of fused-ring (bicyclic) bond motifs is 1. The number of esters is 1. The number of pyridine rings is 1. The van der Waals surface area contributed by atoms with Crippen molar-refractivity contribution in [3.63, 3.8) is 0 Å². The van der Waals surface area contributed by atoms with Crippen molar-refractivity contribution in [2.24, 2.45) is 5.92 Å². The number of carboxylic acid groups (broad SMARTS) is 1. The lowest BCUT2D eigenvalue weighted by molar-refractivity contribution is -0.154. The maximum Gasteiger partial charge on any atom is 0.340 e. The molecule has 1 saturated heterocycles. The summed E-state index contributed by atoms with van der Waals surface area (Å²) >= 11 is 0. The molecule has 0 unspecified atom stereocenters. The van der Waals surface area contributed by atoms with E-state index >= 15 is 0 Å². The van der Waals surface area contributed by atoms with Crippen molar-refractivity contribution in [2.45, 2.75) is 90.4 Å². The highest BCUT2D eigenvalue weighted by atomic mass is 16.6. The highest BCUT2D eigenvalue weighted by Gasteiger charge is 2.37. The highest BCUT2D eigenvalue weighted by Crippen LogP contribution is 2.27. The summed E-state index contributed by atoms with van der Waals surface area (Å²) in [6.07, 6.45) is 4.35. The van der Waals surface area contributed by atoms with Crippen LogP contribution in [0.5, 0.6) is 5.75 Å². The second-order valence-corrected chi connectivity index (χ2v) is 13.7. The number of hydrogen-bond acceptors (Lipinski definition) is 8. The lowest BCUT2D eigenvalue weighted by Gasteiger charge is -2.38. The first-order valence-corrected chi connectivity index (χ1v) is 16.7. The molecule has 2 heterocycles. The van der Waals surface area contributed by atoms with Crippen molar-refractivity contribution in [2.75, 3.05) is 19.7 Å². The molecule has 1 aromatic heterocycles. The predicted octanol–water partition coefficient (Wildman–Crippen LogP) is 4.77. The molecule has 258 valence electrons. The predicted molar refractivity (Wildman–Crippen MR) is 183 cm³/mol. The normalized spacial score (nSPS) is 16.3. The Bertz CT molecular complexity index is 1570. The molecule has 0 spiro atoms. The van der Waals surface area contributed by atoms with Crippen molar-refractivity contribution < 1.29 is 33.8 Å². The number of carboxylic acids is 1. The van der Waals surface area contributed by atoms with E-state index in [0.717, 1.165) is 18.4 Å². The number of ether oxygens (including phenoxy) is 2. The van der Waals surface area contributed by atoms with Gasteiger partial charge in [-0.1, -0.05) is 62.4 Å². The summed E-state index contributed by atoms with van der Waals surface area (Å²) < 4.78 is 11.5. The molecule has 11 nitrogen and oxygen atoms in total. The van der Waals surface area contributed by atoms with Gasteiger partial charge in [0.05, 0.1) is 30.3 Å². The number of piperidine rings is 1. The molecule has 3 atom stereocenters. The van der Waals surface area contributed by atoms with E-state index in [9.17, 15) is 24.3 Å². The number of para-hydroxylation sites is 1. The van der Waals surface area contributed by atoms with Gasteiger partial charge in [0.2, 0.25) is 11.8 Å².